The Morgan fingerprint density at radius 1 is 1.37 bits per heavy atom. The van der Waals surface area contributed by atoms with Crippen molar-refractivity contribution in [3.63, 3.8) is 0 Å². The van der Waals surface area contributed by atoms with Crippen LogP contribution in [0.4, 0.5) is 0 Å². The van der Waals surface area contributed by atoms with Gasteiger partial charge in [-0.15, -0.1) is 0 Å². The van der Waals surface area contributed by atoms with Crippen molar-refractivity contribution in [1.82, 2.24) is 4.90 Å². The molecular weight excluding hydrogens is 238 g/mol. The fourth-order valence-electron chi connectivity index (χ4n) is 2.37. The number of ether oxygens (including phenoxy) is 1. The summed E-state index contributed by atoms with van der Waals surface area (Å²) in [4.78, 5) is 14.1. The summed E-state index contributed by atoms with van der Waals surface area (Å²) in [6.45, 7) is 5.40. The van der Waals surface area contributed by atoms with Crippen LogP contribution in [0.1, 0.15) is 32.3 Å². The fraction of sp³-hybridized carbons (Fsp3) is 0.562. The Kier molecular flexibility index (Phi) is 4.97. The lowest BCUT2D eigenvalue weighted by atomic mass is 10.0. The van der Waals surface area contributed by atoms with Gasteiger partial charge in [0.15, 0.2) is 0 Å². The van der Waals surface area contributed by atoms with Gasteiger partial charge in [-0.3, -0.25) is 4.79 Å². The molecule has 0 radical (unpaired) electrons. The van der Waals surface area contributed by atoms with E-state index in [1.807, 2.05) is 23.1 Å². The van der Waals surface area contributed by atoms with Crippen molar-refractivity contribution in [2.75, 3.05) is 13.3 Å². The third-order valence-corrected chi connectivity index (χ3v) is 3.55. The number of benzene rings is 1. The van der Waals surface area contributed by atoms with Gasteiger partial charge in [-0.1, -0.05) is 44.2 Å². The predicted octanol–water partition coefficient (Wildman–Crippen LogP) is 2.85. The van der Waals surface area contributed by atoms with Gasteiger partial charge in [0.25, 0.3) is 0 Å². The molecule has 1 amide bonds. The van der Waals surface area contributed by atoms with E-state index in [0.717, 1.165) is 12.8 Å². The summed E-state index contributed by atoms with van der Waals surface area (Å²) in [5.74, 6) is 0.798. The molecule has 1 atom stereocenters. The van der Waals surface area contributed by atoms with Crippen LogP contribution in [0.2, 0.25) is 0 Å². The van der Waals surface area contributed by atoms with E-state index in [0.29, 0.717) is 25.7 Å². The maximum atomic E-state index is 12.2. The Bertz CT molecular complexity index is 402. The van der Waals surface area contributed by atoms with Crippen LogP contribution in [0.3, 0.4) is 0 Å². The molecular formula is C16H23NO2. The quantitative estimate of drug-likeness (QED) is 0.815. The molecule has 0 unspecified atom stereocenters. The molecule has 0 aliphatic carbocycles. The molecule has 0 N–H and O–H groups in total. The molecule has 2 rings (SSSR count). The van der Waals surface area contributed by atoms with Crippen molar-refractivity contribution >= 4 is 5.91 Å². The van der Waals surface area contributed by atoms with E-state index in [2.05, 4.69) is 26.0 Å². The van der Waals surface area contributed by atoms with Crippen molar-refractivity contribution in [1.29, 1.82) is 0 Å². The lowest BCUT2D eigenvalue weighted by Crippen LogP contribution is -2.38. The topological polar surface area (TPSA) is 29.5 Å². The summed E-state index contributed by atoms with van der Waals surface area (Å²) in [5, 5.41) is 0. The minimum Gasteiger partial charge on any atom is -0.359 e. The van der Waals surface area contributed by atoms with Gasteiger partial charge in [-0.25, -0.2) is 0 Å². The maximum absolute atomic E-state index is 12.2. The molecule has 1 saturated heterocycles. The Labute approximate surface area is 115 Å². The van der Waals surface area contributed by atoms with Crippen LogP contribution in [-0.2, 0) is 16.0 Å². The van der Waals surface area contributed by atoms with E-state index < -0.39 is 0 Å². The number of rotatable bonds is 5. The number of hydrogen-bond donors (Lipinski definition) is 0. The number of carbonyl (C=O) groups excluding carboxylic acids is 1. The third kappa shape index (κ3) is 4.06. The predicted molar refractivity (Wildman–Crippen MR) is 75.7 cm³/mol. The number of amides is 1. The van der Waals surface area contributed by atoms with Gasteiger partial charge in [-0.2, -0.15) is 0 Å². The zero-order valence-corrected chi connectivity index (χ0v) is 11.8. The van der Waals surface area contributed by atoms with Crippen molar-refractivity contribution in [3.05, 3.63) is 35.9 Å². The van der Waals surface area contributed by atoms with Crippen molar-refractivity contribution < 1.29 is 9.53 Å². The lowest BCUT2D eigenvalue weighted by molar-refractivity contribution is -0.133. The van der Waals surface area contributed by atoms with Gasteiger partial charge in [0.1, 0.15) is 6.73 Å². The first-order valence-corrected chi connectivity index (χ1v) is 7.08. The van der Waals surface area contributed by atoms with Gasteiger partial charge < -0.3 is 9.64 Å². The number of carbonyl (C=O) groups is 1. The normalized spacial score (nSPS) is 19.1. The molecule has 0 bridgehead atoms. The standard InChI is InChI=1S/C16H23NO2/c1-13(2)8-9-16(18)17-12-19-11-15(17)10-14-6-4-3-5-7-14/h3-7,13,15H,8-12H2,1-2H3/t15-/m0/s1. The SMILES string of the molecule is CC(C)CCC(=O)N1COC[C@@H]1Cc1ccccc1. The van der Waals surface area contributed by atoms with Gasteiger partial charge in [0.2, 0.25) is 5.91 Å². The van der Waals surface area contributed by atoms with E-state index in [9.17, 15) is 4.79 Å². The Balaban J connectivity index is 1.91. The molecule has 0 saturated carbocycles. The van der Waals surface area contributed by atoms with Crippen LogP contribution in [0.25, 0.3) is 0 Å². The van der Waals surface area contributed by atoms with Gasteiger partial charge in [-0.05, 0) is 24.3 Å². The lowest BCUT2D eigenvalue weighted by Gasteiger charge is -2.23. The molecule has 1 aliphatic rings. The molecule has 1 aromatic rings. The summed E-state index contributed by atoms with van der Waals surface area (Å²) in [6, 6.07) is 10.5. The first-order chi connectivity index (χ1) is 9.16. The van der Waals surface area contributed by atoms with Crippen LogP contribution in [-0.4, -0.2) is 30.2 Å². The Morgan fingerprint density at radius 2 is 2.11 bits per heavy atom. The number of nitrogens with zero attached hydrogens (tertiary/aromatic N) is 1. The minimum atomic E-state index is 0.196. The maximum Gasteiger partial charge on any atom is 0.224 e. The van der Waals surface area contributed by atoms with E-state index >= 15 is 0 Å². The van der Waals surface area contributed by atoms with Crippen LogP contribution in [0.5, 0.6) is 0 Å². The summed E-state index contributed by atoms with van der Waals surface area (Å²) < 4.78 is 5.47. The molecule has 1 aliphatic heterocycles. The highest BCUT2D eigenvalue weighted by Gasteiger charge is 2.29. The molecule has 1 fully saturated rings. The average Bonchev–Trinajstić information content (AvgIpc) is 2.85. The zero-order chi connectivity index (χ0) is 13.7. The van der Waals surface area contributed by atoms with Crippen LogP contribution in [0.15, 0.2) is 30.3 Å². The average molecular weight is 261 g/mol. The third-order valence-electron chi connectivity index (χ3n) is 3.55. The monoisotopic (exact) mass is 261 g/mol. The Morgan fingerprint density at radius 3 is 2.79 bits per heavy atom. The highest BCUT2D eigenvalue weighted by Crippen LogP contribution is 2.17. The molecule has 104 valence electrons. The smallest absolute Gasteiger partial charge is 0.224 e. The van der Waals surface area contributed by atoms with E-state index in [1.54, 1.807) is 0 Å². The van der Waals surface area contributed by atoms with Crippen molar-refractivity contribution in [2.24, 2.45) is 5.92 Å². The molecule has 1 heterocycles. The molecule has 19 heavy (non-hydrogen) atoms. The fourth-order valence-corrected chi connectivity index (χ4v) is 2.37. The first-order valence-electron chi connectivity index (χ1n) is 7.08. The van der Waals surface area contributed by atoms with E-state index in [-0.39, 0.29) is 11.9 Å². The molecule has 0 aromatic heterocycles. The second kappa shape index (κ2) is 6.71. The molecule has 3 heteroatoms. The molecule has 1 aromatic carbocycles. The van der Waals surface area contributed by atoms with Gasteiger partial charge in [0.05, 0.1) is 12.6 Å². The first kappa shape index (κ1) is 14.1. The largest absolute Gasteiger partial charge is 0.359 e. The second-order valence-electron chi connectivity index (χ2n) is 5.64. The van der Waals surface area contributed by atoms with Gasteiger partial charge in [0, 0.05) is 6.42 Å². The minimum absolute atomic E-state index is 0.196. The molecule has 3 nitrogen and oxygen atoms in total. The van der Waals surface area contributed by atoms with Crippen LogP contribution in [0, 0.1) is 5.92 Å². The summed E-state index contributed by atoms with van der Waals surface area (Å²) in [6.07, 6.45) is 2.47. The summed E-state index contributed by atoms with van der Waals surface area (Å²) >= 11 is 0. The van der Waals surface area contributed by atoms with Crippen molar-refractivity contribution in [2.45, 2.75) is 39.2 Å². The van der Waals surface area contributed by atoms with Crippen LogP contribution < -0.4 is 0 Å². The summed E-state index contributed by atoms with van der Waals surface area (Å²) in [7, 11) is 0. The zero-order valence-electron chi connectivity index (χ0n) is 11.8. The van der Waals surface area contributed by atoms with Crippen molar-refractivity contribution in [3.8, 4) is 0 Å². The summed E-state index contributed by atoms with van der Waals surface area (Å²) in [5.41, 5.74) is 1.26. The van der Waals surface area contributed by atoms with E-state index in [4.69, 9.17) is 4.74 Å². The molecule has 0 spiro atoms. The second-order valence-corrected chi connectivity index (χ2v) is 5.64. The van der Waals surface area contributed by atoms with Crippen LogP contribution >= 0.6 is 0 Å². The van der Waals surface area contributed by atoms with E-state index in [1.165, 1.54) is 5.56 Å². The van der Waals surface area contributed by atoms with Gasteiger partial charge >= 0.3 is 0 Å². The Hall–Kier alpha value is -1.35. The highest BCUT2D eigenvalue weighted by atomic mass is 16.5. The highest BCUT2D eigenvalue weighted by molar-refractivity contribution is 5.76. The number of hydrogen-bond acceptors (Lipinski definition) is 2.